The molecule has 0 saturated heterocycles. The van der Waals surface area contributed by atoms with Crippen LogP contribution >= 0.6 is 11.6 Å². The Kier molecular flexibility index (Phi) is 5.12. The summed E-state index contributed by atoms with van der Waals surface area (Å²) in [7, 11) is 0. The molecule has 0 aromatic heterocycles. The highest BCUT2D eigenvalue weighted by molar-refractivity contribution is 6.30. The van der Waals surface area contributed by atoms with E-state index in [1.807, 2.05) is 6.07 Å². The summed E-state index contributed by atoms with van der Waals surface area (Å²) >= 11 is 6.15. The molecule has 0 aliphatic heterocycles. The second-order valence-electron chi connectivity index (χ2n) is 5.68. The van der Waals surface area contributed by atoms with Crippen molar-refractivity contribution >= 4 is 17.3 Å². The number of halogens is 1. The molecule has 2 nitrogen and oxygen atoms in total. The van der Waals surface area contributed by atoms with Crippen molar-refractivity contribution in [3.05, 3.63) is 28.8 Å². The van der Waals surface area contributed by atoms with Crippen LogP contribution in [0.5, 0.6) is 0 Å². The van der Waals surface area contributed by atoms with Crippen LogP contribution in [0.1, 0.15) is 45.1 Å². The second kappa shape index (κ2) is 6.62. The summed E-state index contributed by atoms with van der Waals surface area (Å²) in [6, 6.07) is 7.11. The summed E-state index contributed by atoms with van der Waals surface area (Å²) in [6.45, 7) is 5.34. The van der Waals surface area contributed by atoms with Gasteiger partial charge in [-0.2, -0.15) is 0 Å². The molecule has 19 heavy (non-hydrogen) atoms. The highest BCUT2D eigenvalue weighted by Crippen LogP contribution is 2.32. The van der Waals surface area contributed by atoms with Crippen LogP contribution in [0.2, 0.25) is 5.02 Å². The Morgan fingerprint density at radius 3 is 2.63 bits per heavy atom. The number of anilines is 1. The van der Waals surface area contributed by atoms with E-state index in [0.717, 1.165) is 18.0 Å². The molecule has 1 aromatic carbocycles. The van der Waals surface area contributed by atoms with Crippen molar-refractivity contribution < 1.29 is 0 Å². The van der Waals surface area contributed by atoms with Crippen molar-refractivity contribution in [2.24, 2.45) is 5.73 Å². The average molecular weight is 281 g/mol. The van der Waals surface area contributed by atoms with Crippen LogP contribution in [-0.2, 0) is 6.42 Å². The zero-order valence-electron chi connectivity index (χ0n) is 12.0. The third-order valence-electron chi connectivity index (χ3n) is 4.00. The van der Waals surface area contributed by atoms with Gasteiger partial charge in [0.25, 0.3) is 0 Å². The molecule has 2 rings (SSSR count). The van der Waals surface area contributed by atoms with E-state index >= 15 is 0 Å². The van der Waals surface area contributed by atoms with Crippen LogP contribution < -0.4 is 10.6 Å². The summed E-state index contributed by atoms with van der Waals surface area (Å²) in [4.78, 5) is 2.54. The first-order valence-electron chi connectivity index (χ1n) is 7.42. The standard InChI is InChI=1S/C16H25ClN2/c1-3-19(15-6-4-5-7-15)16-9-8-14(17)11-13(16)10-12(2)18/h8-9,11-12,15H,3-7,10,18H2,1-2H3. The fourth-order valence-corrected chi connectivity index (χ4v) is 3.38. The van der Waals surface area contributed by atoms with Gasteiger partial charge in [-0.3, -0.25) is 0 Å². The van der Waals surface area contributed by atoms with Gasteiger partial charge in [0, 0.05) is 29.3 Å². The van der Waals surface area contributed by atoms with Crippen molar-refractivity contribution in [3.8, 4) is 0 Å². The van der Waals surface area contributed by atoms with E-state index in [-0.39, 0.29) is 6.04 Å². The lowest BCUT2D eigenvalue weighted by molar-refractivity contribution is 0.614. The Hall–Kier alpha value is -0.730. The smallest absolute Gasteiger partial charge is 0.0410 e. The van der Waals surface area contributed by atoms with Gasteiger partial charge in [0.1, 0.15) is 0 Å². The van der Waals surface area contributed by atoms with Crippen molar-refractivity contribution in [2.75, 3.05) is 11.4 Å². The minimum absolute atomic E-state index is 0.166. The number of benzene rings is 1. The quantitative estimate of drug-likeness (QED) is 0.883. The minimum Gasteiger partial charge on any atom is -0.369 e. The molecule has 1 aromatic rings. The Balaban J connectivity index is 2.29. The van der Waals surface area contributed by atoms with E-state index in [1.165, 1.54) is 36.9 Å². The zero-order chi connectivity index (χ0) is 13.8. The zero-order valence-corrected chi connectivity index (χ0v) is 12.8. The van der Waals surface area contributed by atoms with Crippen molar-refractivity contribution in [1.29, 1.82) is 0 Å². The van der Waals surface area contributed by atoms with Crippen LogP contribution in [0.15, 0.2) is 18.2 Å². The Morgan fingerprint density at radius 1 is 1.37 bits per heavy atom. The molecule has 1 aliphatic carbocycles. The predicted molar refractivity (Wildman–Crippen MR) is 84.1 cm³/mol. The molecule has 3 heteroatoms. The Morgan fingerprint density at radius 2 is 2.05 bits per heavy atom. The molecule has 0 radical (unpaired) electrons. The molecule has 2 N–H and O–H groups in total. The molecule has 1 fully saturated rings. The maximum Gasteiger partial charge on any atom is 0.0410 e. The average Bonchev–Trinajstić information content (AvgIpc) is 2.85. The van der Waals surface area contributed by atoms with Crippen molar-refractivity contribution in [1.82, 2.24) is 0 Å². The summed E-state index contributed by atoms with van der Waals surface area (Å²) in [5, 5.41) is 0.807. The molecule has 0 heterocycles. The molecular weight excluding hydrogens is 256 g/mol. The van der Waals surface area contributed by atoms with Crippen LogP contribution in [0.3, 0.4) is 0 Å². The van der Waals surface area contributed by atoms with Crippen molar-refractivity contribution in [2.45, 2.75) is 58.0 Å². The predicted octanol–water partition coefficient (Wildman–Crippen LogP) is 4.00. The SMILES string of the molecule is CCN(c1ccc(Cl)cc1CC(C)N)C1CCCC1. The first-order valence-corrected chi connectivity index (χ1v) is 7.80. The van der Waals surface area contributed by atoms with Gasteiger partial charge in [-0.1, -0.05) is 24.4 Å². The number of hydrogen-bond acceptors (Lipinski definition) is 2. The lowest BCUT2D eigenvalue weighted by atomic mass is 10.0. The Labute approximate surface area is 121 Å². The van der Waals surface area contributed by atoms with Gasteiger partial charge < -0.3 is 10.6 Å². The van der Waals surface area contributed by atoms with Gasteiger partial charge in [0.15, 0.2) is 0 Å². The van der Waals surface area contributed by atoms with Gasteiger partial charge in [0.2, 0.25) is 0 Å². The molecule has 0 spiro atoms. The van der Waals surface area contributed by atoms with E-state index in [2.05, 4.69) is 30.9 Å². The van der Waals surface area contributed by atoms with Gasteiger partial charge in [0.05, 0.1) is 0 Å². The van der Waals surface area contributed by atoms with Crippen LogP contribution in [-0.4, -0.2) is 18.6 Å². The van der Waals surface area contributed by atoms with E-state index < -0.39 is 0 Å². The number of nitrogens with two attached hydrogens (primary N) is 1. The first-order chi connectivity index (χ1) is 9.11. The van der Waals surface area contributed by atoms with Crippen LogP contribution in [0.25, 0.3) is 0 Å². The Bertz CT molecular complexity index is 411. The van der Waals surface area contributed by atoms with Gasteiger partial charge in [-0.25, -0.2) is 0 Å². The van der Waals surface area contributed by atoms with Crippen molar-refractivity contribution in [3.63, 3.8) is 0 Å². The topological polar surface area (TPSA) is 29.3 Å². The van der Waals surface area contributed by atoms with Crippen LogP contribution in [0, 0.1) is 0 Å². The number of rotatable bonds is 5. The van der Waals surface area contributed by atoms with Gasteiger partial charge in [-0.05, 0) is 56.9 Å². The summed E-state index contributed by atoms with van der Waals surface area (Å²) in [5.74, 6) is 0. The molecule has 1 unspecified atom stereocenters. The lowest BCUT2D eigenvalue weighted by Gasteiger charge is -2.32. The summed E-state index contributed by atoms with van der Waals surface area (Å²) in [6.07, 6.45) is 6.23. The van der Waals surface area contributed by atoms with Crippen LogP contribution in [0.4, 0.5) is 5.69 Å². The third kappa shape index (κ3) is 3.64. The van der Waals surface area contributed by atoms with E-state index in [0.29, 0.717) is 6.04 Å². The fraction of sp³-hybridized carbons (Fsp3) is 0.625. The molecule has 1 atom stereocenters. The fourth-order valence-electron chi connectivity index (χ4n) is 3.19. The largest absolute Gasteiger partial charge is 0.369 e. The monoisotopic (exact) mass is 280 g/mol. The van der Waals surface area contributed by atoms with E-state index in [1.54, 1.807) is 0 Å². The molecule has 106 valence electrons. The summed E-state index contributed by atoms with van der Waals surface area (Å²) < 4.78 is 0. The minimum atomic E-state index is 0.166. The highest BCUT2D eigenvalue weighted by atomic mass is 35.5. The molecule has 1 aliphatic rings. The van der Waals surface area contributed by atoms with E-state index in [9.17, 15) is 0 Å². The molecular formula is C16H25ClN2. The molecule has 0 amide bonds. The normalized spacial score (nSPS) is 17.7. The van der Waals surface area contributed by atoms with E-state index in [4.69, 9.17) is 17.3 Å². The number of hydrogen-bond donors (Lipinski definition) is 1. The molecule has 1 saturated carbocycles. The van der Waals surface area contributed by atoms with Gasteiger partial charge in [-0.15, -0.1) is 0 Å². The second-order valence-corrected chi connectivity index (χ2v) is 6.12. The number of nitrogens with zero attached hydrogens (tertiary/aromatic N) is 1. The lowest BCUT2D eigenvalue weighted by Crippen LogP contribution is -2.34. The molecule has 0 bridgehead atoms. The summed E-state index contributed by atoms with van der Waals surface area (Å²) in [5.41, 5.74) is 8.59. The maximum absolute atomic E-state index is 6.15. The maximum atomic E-state index is 6.15. The third-order valence-corrected chi connectivity index (χ3v) is 4.23. The highest BCUT2D eigenvalue weighted by Gasteiger charge is 2.23. The first kappa shape index (κ1) is 14.7. The van der Waals surface area contributed by atoms with Gasteiger partial charge >= 0.3 is 0 Å².